The van der Waals surface area contributed by atoms with E-state index in [-0.39, 0.29) is 43.0 Å². The number of alkyl halides is 5. The van der Waals surface area contributed by atoms with Crippen molar-refractivity contribution in [1.29, 1.82) is 0 Å². The van der Waals surface area contributed by atoms with Gasteiger partial charge in [0.05, 0.1) is 0 Å². The lowest BCUT2D eigenvalue weighted by molar-refractivity contribution is -0.141. The zero-order valence-corrected chi connectivity index (χ0v) is 14.8. The molecule has 1 N–H and O–H groups in total. The third kappa shape index (κ3) is 4.63. The lowest BCUT2D eigenvalue weighted by atomic mass is 9.86. The fourth-order valence-electron chi connectivity index (χ4n) is 2.95. The van der Waals surface area contributed by atoms with Crippen LogP contribution >= 0.6 is 0 Å². The molecule has 0 radical (unpaired) electrons. The number of hydrogen-bond donors (Lipinski definition) is 1. The Hall–Kier alpha value is -2.59. The van der Waals surface area contributed by atoms with Crippen molar-refractivity contribution < 1.29 is 31.3 Å². The first kappa shape index (κ1) is 20.2. The fourth-order valence-corrected chi connectivity index (χ4v) is 2.95. The molecule has 28 heavy (non-hydrogen) atoms. The summed E-state index contributed by atoms with van der Waals surface area (Å²) in [5, 5.41) is 6.26. The number of carbonyl (C=O) groups excluding carboxylic acids is 1. The van der Waals surface area contributed by atoms with Gasteiger partial charge in [-0.3, -0.25) is 9.78 Å². The van der Waals surface area contributed by atoms with Crippen LogP contribution in [0.5, 0.6) is 0 Å². The van der Waals surface area contributed by atoms with Gasteiger partial charge in [-0.2, -0.15) is 18.2 Å². The summed E-state index contributed by atoms with van der Waals surface area (Å²) in [5.74, 6) is -3.75. The molecule has 1 fully saturated rings. The molecule has 0 spiro atoms. The molecule has 3 rings (SSSR count). The first-order chi connectivity index (χ1) is 13.0. The van der Waals surface area contributed by atoms with E-state index in [9.17, 15) is 26.7 Å². The fraction of sp³-hybridized carbons (Fsp3) is 0.529. The molecule has 1 aliphatic carbocycles. The molecule has 152 valence electrons. The van der Waals surface area contributed by atoms with Crippen molar-refractivity contribution >= 4 is 5.91 Å². The second-order valence-electron chi connectivity index (χ2n) is 6.74. The highest BCUT2D eigenvalue weighted by molar-refractivity contribution is 5.79. The van der Waals surface area contributed by atoms with Crippen LogP contribution in [0.2, 0.25) is 0 Å². The van der Waals surface area contributed by atoms with E-state index in [0.29, 0.717) is 0 Å². The molecule has 0 aromatic carbocycles. The van der Waals surface area contributed by atoms with Crippen LogP contribution in [0, 0.1) is 5.92 Å². The second-order valence-corrected chi connectivity index (χ2v) is 6.74. The van der Waals surface area contributed by atoms with Crippen molar-refractivity contribution in [2.24, 2.45) is 5.92 Å². The predicted octanol–water partition coefficient (Wildman–Crippen LogP) is 4.15. The van der Waals surface area contributed by atoms with Crippen molar-refractivity contribution in [3.05, 3.63) is 29.9 Å². The van der Waals surface area contributed by atoms with Crippen LogP contribution in [0.25, 0.3) is 11.4 Å². The Labute approximate surface area is 156 Å². The quantitative estimate of drug-likeness (QED) is 0.775. The van der Waals surface area contributed by atoms with Crippen LogP contribution in [-0.4, -0.2) is 27.0 Å². The molecule has 0 bridgehead atoms. The van der Waals surface area contributed by atoms with Gasteiger partial charge >= 0.3 is 6.18 Å². The minimum absolute atomic E-state index is 0.00476. The zero-order valence-electron chi connectivity index (χ0n) is 14.8. The Morgan fingerprint density at radius 2 is 2.00 bits per heavy atom. The summed E-state index contributed by atoms with van der Waals surface area (Å²) in [6.07, 6.45) is -4.14. The predicted molar refractivity (Wildman–Crippen MR) is 86.0 cm³/mol. The van der Waals surface area contributed by atoms with Crippen molar-refractivity contribution in [3.8, 4) is 11.4 Å². The van der Waals surface area contributed by atoms with Gasteiger partial charge in [0, 0.05) is 30.5 Å². The highest BCUT2D eigenvalue weighted by Gasteiger charge is 2.38. The van der Waals surface area contributed by atoms with Crippen molar-refractivity contribution in [3.63, 3.8) is 0 Å². The maximum atomic E-state index is 13.2. The Morgan fingerprint density at radius 1 is 1.32 bits per heavy atom. The molecule has 0 saturated heterocycles. The normalized spacial score (nSPS) is 18.6. The van der Waals surface area contributed by atoms with Crippen LogP contribution in [-0.2, 0) is 11.0 Å². The van der Waals surface area contributed by atoms with E-state index in [0.717, 1.165) is 12.3 Å². The minimum atomic E-state index is -4.61. The zero-order chi connectivity index (χ0) is 20.5. The number of carbonyl (C=O) groups is 1. The van der Waals surface area contributed by atoms with Crippen LogP contribution < -0.4 is 5.32 Å². The second kappa shape index (κ2) is 7.44. The van der Waals surface area contributed by atoms with E-state index in [2.05, 4.69) is 20.4 Å². The number of nitrogens with one attached hydrogen (secondary N) is 1. The van der Waals surface area contributed by atoms with Crippen LogP contribution in [0.4, 0.5) is 22.0 Å². The van der Waals surface area contributed by atoms with E-state index in [1.165, 1.54) is 6.07 Å². The molecule has 2 aromatic heterocycles. The number of amides is 1. The first-order valence-electron chi connectivity index (χ1n) is 8.60. The average molecular weight is 404 g/mol. The monoisotopic (exact) mass is 404 g/mol. The van der Waals surface area contributed by atoms with Gasteiger partial charge < -0.3 is 9.84 Å². The van der Waals surface area contributed by atoms with E-state index < -0.39 is 35.7 Å². The average Bonchev–Trinajstić information content (AvgIpc) is 3.11. The molecule has 1 saturated carbocycles. The SMILES string of the molecule is CC(NC(=O)C1CCC(F)(F)CC1)c1nc(-c2ccnc(C(F)(F)F)c2)no1. The first-order valence-corrected chi connectivity index (χ1v) is 8.60. The maximum Gasteiger partial charge on any atom is 0.433 e. The Kier molecular flexibility index (Phi) is 5.35. The van der Waals surface area contributed by atoms with Gasteiger partial charge in [-0.05, 0) is 31.9 Å². The Balaban J connectivity index is 1.66. The van der Waals surface area contributed by atoms with Gasteiger partial charge in [-0.1, -0.05) is 5.16 Å². The van der Waals surface area contributed by atoms with Crippen molar-refractivity contribution in [1.82, 2.24) is 20.4 Å². The molecule has 2 heterocycles. The maximum absolute atomic E-state index is 13.2. The summed E-state index contributed by atoms with van der Waals surface area (Å²) in [5.41, 5.74) is -1.03. The summed E-state index contributed by atoms with van der Waals surface area (Å²) in [6.45, 7) is 1.56. The largest absolute Gasteiger partial charge is 0.433 e. The number of hydrogen-bond acceptors (Lipinski definition) is 5. The third-order valence-corrected chi connectivity index (χ3v) is 4.57. The number of nitrogens with zero attached hydrogens (tertiary/aromatic N) is 3. The molecular weight excluding hydrogens is 387 g/mol. The summed E-state index contributed by atoms with van der Waals surface area (Å²) < 4.78 is 69.7. The summed E-state index contributed by atoms with van der Waals surface area (Å²) >= 11 is 0. The highest BCUT2D eigenvalue weighted by Crippen LogP contribution is 2.36. The molecule has 0 aliphatic heterocycles. The summed E-state index contributed by atoms with van der Waals surface area (Å²) in [7, 11) is 0. The van der Waals surface area contributed by atoms with Gasteiger partial charge in [-0.15, -0.1) is 0 Å². The lowest BCUT2D eigenvalue weighted by Gasteiger charge is -2.27. The van der Waals surface area contributed by atoms with E-state index in [4.69, 9.17) is 4.52 Å². The number of pyridine rings is 1. The topological polar surface area (TPSA) is 80.9 Å². The highest BCUT2D eigenvalue weighted by atomic mass is 19.4. The van der Waals surface area contributed by atoms with Crippen molar-refractivity contribution in [2.45, 2.75) is 50.7 Å². The number of aromatic nitrogens is 3. The molecule has 1 unspecified atom stereocenters. The molecule has 1 amide bonds. The van der Waals surface area contributed by atoms with Gasteiger partial charge in [0.2, 0.25) is 23.5 Å². The minimum Gasteiger partial charge on any atom is -0.344 e. The van der Waals surface area contributed by atoms with E-state index in [1.54, 1.807) is 6.92 Å². The smallest absolute Gasteiger partial charge is 0.344 e. The summed E-state index contributed by atoms with van der Waals surface area (Å²) in [4.78, 5) is 19.5. The van der Waals surface area contributed by atoms with Gasteiger partial charge in [0.1, 0.15) is 11.7 Å². The Bertz CT molecular complexity index is 842. The van der Waals surface area contributed by atoms with Crippen LogP contribution in [0.1, 0.15) is 50.2 Å². The van der Waals surface area contributed by atoms with E-state index in [1.807, 2.05) is 0 Å². The van der Waals surface area contributed by atoms with Gasteiger partial charge in [0.25, 0.3) is 0 Å². The Morgan fingerprint density at radius 3 is 2.64 bits per heavy atom. The van der Waals surface area contributed by atoms with Gasteiger partial charge in [-0.25, -0.2) is 8.78 Å². The molecular formula is C17H17F5N4O2. The molecule has 1 atom stereocenters. The van der Waals surface area contributed by atoms with E-state index >= 15 is 0 Å². The van der Waals surface area contributed by atoms with Crippen LogP contribution in [0.3, 0.4) is 0 Å². The van der Waals surface area contributed by atoms with Gasteiger partial charge in [0.15, 0.2) is 0 Å². The lowest BCUT2D eigenvalue weighted by Crippen LogP contribution is -2.37. The number of rotatable bonds is 4. The molecule has 2 aromatic rings. The standard InChI is InChI=1S/C17H17F5N4O2/c1-9(24-14(27)10-2-5-16(18,19)6-3-10)15-25-13(26-28-15)11-4-7-23-12(8-11)17(20,21)22/h4,7-10H,2-3,5-6H2,1H3,(H,24,27). The molecule has 11 heteroatoms. The third-order valence-electron chi connectivity index (χ3n) is 4.57. The molecule has 1 aliphatic rings. The molecule has 6 nitrogen and oxygen atoms in total. The number of halogens is 5. The van der Waals surface area contributed by atoms with Crippen LogP contribution in [0.15, 0.2) is 22.9 Å². The van der Waals surface area contributed by atoms with Crippen molar-refractivity contribution in [2.75, 3.05) is 0 Å². The summed E-state index contributed by atoms with van der Waals surface area (Å²) in [6, 6.07) is 1.37.